The van der Waals surface area contributed by atoms with E-state index in [1.54, 1.807) is 0 Å². The Morgan fingerprint density at radius 2 is 0.944 bits per heavy atom. The first kappa shape index (κ1) is 31.4. The molecule has 0 saturated carbocycles. The highest BCUT2D eigenvalue weighted by molar-refractivity contribution is 7.01. The van der Waals surface area contributed by atoms with Crippen molar-refractivity contribution >= 4 is 72.5 Å². The van der Waals surface area contributed by atoms with Crippen molar-refractivity contribution in [1.82, 2.24) is 0 Å². The van der Waals surface area contributed by atoms with E-state index in [1.807, 2.05) is 0 Å². The fourth-order valence-electron chi connectivity index (χ4n) is 10.7. The lowest BCUT2D eigenvalue weighted by atomic mass is 9.37. The third-order valence-corrected chi connectivity index (χ3v) is 12.5. The summed E-state index contributed by atoms with van der Waals surface area (Å²) in [5.74, 6) is 0. The highest BCUT2D eigenvalue weighted by Gasteiger charge is 2.43. The summed E-state index contributed by atoms with van der Waals surface area (Å²) >= 11 is 0. The van der Waals surface area contributed by atoms with Gasteiger partial charge in [0.15, 0.2) is 0 Å². The van der Waals surface area contributed by atoms with Gasteiger partial charge in [-0.15, -0.1) is 0 Å². The molecule has 0 saturated heterocycles. The van der Waals surface area contributed by atoms with Crippen LogP contribution in [0.2, 0.25) is 0 Å². The van der Waals surface area contributed by atoms with E-state index in [1.165, 1.54) is 133 Å². The van der Waals surface area contributed by atoms with Gasteiger partial charge in [-0.05, 0) is 153 Å². The topological polar surface area (TPSA) is 3.24 Å². The molecular formula is C52H40BN. The van der Waals surface area contributed by atoms with E-state index in [4.69, 9.17) is 0 Å². The van der Waals surface area contributed by atoms with Crippen molar-refractivity contribution in [2.45, 2.75) is 41.5 Å². The SMILES string of the molecule is Cc1cc(C)c(-c2ccc3c(c2)B2c4cc(-c5c(C)cc(C)cc5C)ccc4N(c4ccc5ccc6cccc7ccc4c5c67)c4cccc-3c42)c(C)c1. The first-order valence-corrected chi connectivity index (χ1v) is 19.3. The molecule has 0 N–H and O–H groups in total. The van der Waals surface area contributed by atoms with Crippen LogP contribution in [0, 0.1) is 41.5 Å². The summed E-state index contributed by atoms with van der Waals surface area (Å²) in [4.78, 5) is 2.58. The lowest BCUT2D eigenvalue weighted by molar-refractivity contribution is 1.30. The van der Waals surface area contributed by atoms with Crippen LogP contribution in [0.4, 0.5) is 17.1 Å². The zero-order chi connectivity index (χ0) is 36.6. The predicted molar refractivity (Wildman–Crippen MR) is 234 cm³/mol. The first-order valence-electron chi connectivity index (χ1n) is 19.3. The molecule has 0 spiro atoms. The van der Waals surface area contributed by atoms with E-state index in [-0.39, 0.29) is 6.71 Å². The molecule has 2 aliphatic rings. The molecular weight excluding hydrogens is 649 g/mol. The Hall–Kier alpha value is -6.12. The molecule has 54 heavy (non-hydrogen) atoms. The smallest absolute Gasteiger partial charge is 0.248 e. The standard InChI is InChI=1S/C52H40BN/c1-29-23-31(3)48(32(4)24-29)38-16-19-40-41-11-8-12-47-52(41)53(43(40)27-38)44-28-39(49-33(5)25-30(2)26-34(49)6)18-22-46(44)54(47)45-21-17-37-14-13-35-9-7-10-36-15-20-42(45)51(37)50(35)36/h7-28H,1-6H3. The van der Waals surface area contributed by atoms with Crippen LogP contribution in [0.1, 0.15) is 33.4 Å². The van der Waals surface area contributed by atoms with E-state index in [0.717, 1.165) is 0 Å². The van der Waals surface area contributed by atoms with Gasteiger partial charge in [0.1, 0.15) is 0 Å². The molecule has 0 bridgehead atoms. The summed E-state index contributed by atoms with van der Waals surface area (Å²) in [7, 11) is 0. The van der Waals surface area contributed by atoms with Crippen molar-refractivity contribution in [2.24, 2.45) is 0 Å². The molecule has 9 aromatic carbocycles. The van der Waals surface area contributed by atoms with Gasteiger partial charge in [-0.25, -0.2) is 0 Å². The monoisotopic (exact) mass is 689 g/mol. The molecule has 0 radical (unpaired) electrons. The molecule has 2 heteroatoms. The molecule has 2 aliphatic heterocycles. The molecule has 11 rings (SSSR count). The molecule has 0 aromatic heterocycles. The van der Waals surface area contributed by atoms with E-state index in [9.17, 15) is 0 Å². The Balaban J connectivity index is 1.21. The molecule has 0 aliphatic carbocycles. The highest BCUT2D eigenvalue weighted by Crippen LogP contribution is 2.47. The van der Waals surface area contributed by atoms with Crippen LogP contribution < -0.4 is 21.3 Å². The van der Waals surface area contributed by atoms with Gasteiger partial charge in [0.05, 0.1) is 5.69 Å². The van der Waals surface area contributed by atoms with Crippen molar-refractivity contribution in [3.8, 4) is 33.4 Å². The van der Waals surface area contributed by atoms with Crippen LogP contribution in [-0.2, 0) is 0 Å². The fourth-order valence-corrected chi connectivity index (χ4v) is 10.7. The summed E-state index contributed by atoms with van der Waals surface area (Å²) in [5, 5.41) is 7.86. The van der Waals surface area contributed by atoms with E-state index in [2.05, 4.69) is 180 Å². The minimum Gasteiger partial charge on any atom is -0.311 e. The van der Waals surface area contributed by atoms with Gasteiger partial charge >= 0.3 is 0 Å². The molecule has 0 fully saturated rings. The van der Waals surface area contributed by atoms with Gasteiger partial charge in [-0.3, -0.25) is 0 Å². The number of anilines is 3. The zero-order valence-corrected chi connectivity index (χ0v) is 31.7. The summed E-state index contributed by atoms with van der Waals surface area (Å²) in [5.41, 5.74) is 23.9. The van der Waals surface area contributed by atoms with E-state index >= 15 is 0 Å². The Bertz CT molecular complexity index is 3010. The first-order chi connectivity index (χ1) is 26.2. The van der Waals surface area contributed by atoms with Crippen molar-refractivity contribution in [2.75, 3.05) is 4.90 Å². The highest BCUT2D eigenvalue weighted by atomic mass is 15.2. The number of hydrogen-bond donors (Lipinski definition) is 0. The Morgan fingerprint density at radius 1 is 0.407 bits per heavy atom. The number of benzene rings is 9. The Kier molecular flexibility index (Phi) is 6.52. The molecule has 256 valence electrons. The number of rotatable bonds is 3. The lowest BCUT2D eigenvalue weighted by Crippen LogP contribution is -2.54. The summed E-state index contributed by atoms with van der Waals surface area (Å²) < 4.78 is 0. The molecule has 1 nitrogen and oxygen atoms in total. The average molecular weight is 690 g/mol. The zero-order valence-electron chi connectivity index (χ0n) is 31.7. The quantitative estimate of drug-likeness (QED) is 0.132. The maximum Gasteiger partial charge on any atom is 0.248 e. The Morgan fingerprint density at radius 3 is 1.61 bits per heavy atom. The molecule has 0 amide bonds. The van der Waals surface area contributed by atoms with Crippen LogP contribution in [0.5, 0.6) is 0 Å². The van der Waals surface area contributed by atoms with Crippen molar-refractivity contribution in [3.05, 3.63) is 167 Å². The maximum absolute atomic E-state index is 2.58. The summed E-state index contributed by atoms with van der Waals surface area (Å²) in [6.07, 6.45) is 0. The molecule has 9 aromatic rings. The molecule has 0 atom stereocenters. The average Bonchev–Trinajstić information content (AvgIpc) is 3.48. The van der Waals surface area contributed by atoms with Crippen molar-refractivity contribution in [3.63, 3.8) is 0 Å². The Labute approximate surface area is 318 Å². The third kappa shape index (κ3) is 4.28. The van der Waals surface area contributed by atoms with Crippen LogP contribution in [0.3, 0.4) is 0 Å². The molecule has 2 heterocycles. The van der Waals surface area contributed by atoms with Gasteiger partial charge in [-0.1, -0.05) is 132 Å². The third-order valence-electron chi connectivity index (χ3n) is 12.5. The van der Waals surface area contributed by atoms with E-state index < -0.39 is 0 Å². The van der Waals surface area contributed by atoms with Gasteiger partial charge in [0.25, 0.3) is 0 Å². The second-order valence-corrected chi connectivity index (χ2v) is 16.1. The lowest BCUT2D eigenvalue weighted by Gasteiger charge is -2.37. The normalized spacial score (nSPS) is 12.9. The van der Waals surface area contributed by atoms with Gasteiger partial charge < -0.3 is 4.90 Å². The van der Waals surface area contributed by atoms with Gasteiger partial charge in [0, 0.05) is 16.8 Å². The van der Waals surface area contributed by atoms with Gasteiger partial charge in [-0.2, -0.15) is 0 Å². The minimum atomic E-state index is 0.120. The molecule has 0 unspecified atom stereocenters. The van der Waals surface area contributed by atoms with Crippen LogP contribution in [0.15, 0.2) is 133 Å². The van der Waals surface area contributed by atoms with Crippen molar-refractivity contribution < 1.29 is 0 Å². The van der Waals surface area contributed by atoms with Gasteiger partial charge in [0.2, 0.25) is 6.71 Å². The second-order valence-electron chi connectivity index (χ2n) is 16.1. The van der Waals surface area contributed by atoms with Crippen LogP contribution >= 0.6 is 0 Å². The van der Waals surface area contributed by atoms with Crippen LogP contribution in [0.25, 0.3) is 65.7 Å². The predicted octanol–water partition coefficient (Wildman–Crippen LogP) is 12.0. The fraction of sp³-hybridized carbons (Fsp3) is 0.115. The van der Waals surface area contributed by atoms with Crippen molar-refractivity contribution in [1.29, 1.82) is 0 Å². The number of hydrogen-bond acceptors (Lipinski definition) is 1. The number of fused-ring (bicyclic) bond motifs is 5. The van der Waals surface area contributed by atoms with E-state index in [0.29, 0.717) is 0 Å². The summed E-state index contributed by atoms with van der Waals surface area (Å²) in [6, 6.07) is 51.5. The van der Waals surface area contributed by atoms with Crippen LogP contribution in [-0.4, -0.2) is 6.71 Å². The summed E-state index contributed by atoms with van der Waals surface area (Å²) in [6.45, 7) is 13.6. The second kappa shape index (κ2) is 11.2. The maximum atomic E-state index is 2.58. The largest absolute Gasteiger partial charge is 0.311 e. The number of nitrogens with zero attached hydrogens (tertiary/aromatic N) is 1. The minimum absolute atomic E-state index is 0.120. The number of aryl methyl sites for hydroxylation is 6.